The zero-order valence-corrected chi connectivity index (χ0v) is 10.3. The van der Waals surface area contributed by atoms with Crippen LogP contribution in [0.5, 0.6) is 0 Å². The second kappa shape index (κ2) is 5.62. The summed E-state index contributed by atoms with van der Waals surface area (Å²) in [6.45, 7) is 4.71. The Hall–Kier alpha value is -0.640. The van der Waals surface area contributed by atoms with Crippen molar-refractivity contribution in [3.05, 3.63) is 35.6 Å². The third kappa shape index (κ3) is 2.73. The Bertz CT molecular complexity index is 348. The van der Waals surface area contributed by atoms with Gasteiger partial charge in [0, 0.05) is 17.6 Å². The molecule has 0 amide bonds. The minimum absolute atomic E-state index is 0. The van der Waals surface area contributed by atoms with Crippen LogP contribution in [0.2, 0.25) is 0 Å². The first-order chi connectivity index (χ1) is 7.18. The molecular weight excluding hydrogens is 229 g/mol. The van der Waals surface area contributed by atoms with E-state index in [1.54, 1.807) is 12.1 Å². The van der Waals surface area contributed by atoms with Gasteiger partial charge in [-0.2, -0.15) is 0 Å². The second-order valence-electron chi connectivity index (χ2n) is 4.13. The molecule has 16 heavy (non-hydrogen) atoms. The van der Waals surface area contributed by atoms with E-state index in [1.807, 2.05) is 13.0 Å². The molecule has 1 fully saturated rings. The van der Waals surface area contributed by atoms with Crippen LogP contribution in [0.1, 0.15) is 25.5 Å². The van der Waals surface area contributed by atoms with Crippen molar-refractivity contribution in [2.75, 3.05) is 6.61 Å². The number of morpholine rings is 1. The molecule has 1 heterocycles. The molecule has 2 nitrogen and oxygen atoms in total. The normalized spacial score (nSPS) is 29.6. The minimum Gasteiger partial charge on any atom is -0.370 e. The van der Waals surface area contributed by atoms with Crippen molar-refractivity contribution >= 4 is 12.4 Å². The van der Waals surface area contributed by atoms with Gasteiger partial charge in [-0.1, -0.05) is 18.2 Å². The maximum Gasteiger partial charge on any atom is 0.129 e. The maximum atomic E-state index is 13.5. The Morgan fingerprint density at radius 1 is 1.31 bits per heavy atom. The summed E-state index contributed by atoms with van der Waals surface area (Å²) in [5, 5.41) is 3.36. The molecule has 4 heteroatoms. The molecule has 0 radical (unpaired) electrons. The van der Waals surface area contributed by atoms with E-state index in [0.717, 1.165) is 0 Å². The molecule has 1 aromatic carbocycles. The molecule has 90 valence electrons. The highest BCUT2D eigenvalue weighted by atomic mass is 35.5. The molecule has 0 saturated carbocycles. The molecule has 0 aromatic heterocycles. The quantitative estimate of drug-likeness (QED) is 0.822. The lowest BCUT2D eigenvalue weighted by Gasteiger charge is -2.34. The van der Waals surface area contributed by atoms with Gasteiger partial charge < -0.3 is 10.1 Å². The van der Waals surface area contributed by atoms with Crippen LogP contribution in [-0.4, -0.2) is 18.7 Å². The molecule has 2 rings (SSSR count). The van der Waals surface area contributed by atoms with Crippen LogP contribution >= 0.6 is 12.4 Å². The van der Waals surface area contributed by atoms with Crippen LogP contribution in [0.3, 0.4) is 0 Å². The van der Waals surface area contributed by atoms with E-state index < -0.39 is 0 Å². The Morgan fingerprint density at radius 3 is 2.62 bits per heavy atom. The monoisotopic (exact) mass is 245 g/mol. The van der Waals surface area contributed by atoms with Crippen molar-refractivity contribution in [3.63, 3.8) is 0 Å². The van der Waals surface area contributed by atoms with E-state index in [9.17, 15) is 4.39 Å². The number of ether oxygens (including phenoxy) is 1. The highest BCUT2D eigenvalue weighted by Gasteiger charge is 2.28. The summed E-state index contributed by atoms with van der Waals surface area (Å²) < 4.78 is 19.2. The predicted octanol–water partition coefficient (Wildman–Crippen LogP) is 2.69. The topological polar surface area (TPSA) is 21.3 Å². The van der Waals surface area contributed by atoms with E-state index in [4.69, 9.17) is 4.74 Å². The van der Waals surface area contributed by atoms with E-state index >= 15 is 0 Å². The Kier molecular flexibility index (Phi) is 4.71. The van der Waals surface area contributed by atoms with Gasteiger partial charge in [0.1, 0.15) is 11.9 Å². The molecule has 3 unspecified atom stereocenters. The van der Waals surface area contributed by atoms with Gasteiger partial charge in [0.2, 0.25) is 0 Å². The molecule has 3 atom stereocenters. The first-order valence-electron chi connectivity index (χ1n) is 5.30. The fourth-order valence-corrected chi connectivity index (χ4v) is 2.04. The Balaban J connectivity index is 0.00000128. The summed E-state index contributed by atoms with van der Waals surface area (Å²) in [5.41, 5.74) is 0.643. The largest absolute Gasteiger partial charge is 0.370 e. The molecule has 1 aliphatic rings. The third-order valence-electron chi connectivity index (χ3n) is 2.74. The zero-order chi connectivity index (χ0) is 10.8. The molecule has 1 aromatic rings. The fraction of sp³-hybridized carbons (Fsp3) is 0.500. The first kappa shape index (κ1) is 13.4. The highest BCUT2D eigenvalue weighted by molar-refractivity contribution is 5.85. The van der Waals surface area contributed by atoms with Gasteiger partial charge in [0.25, 0.3) is 0 Å². The third-order valence-corrected chi connectivity index (χ3v) is 2.74. The number of nitrogens with one attached hydrogen (secondary N) is 1. The van der Waals surface area contributed by atoms with Crippen molar-refractivity contribution in [2.45, 2.75) is 32.0 Å². The lowest BCUT2D eigenvalue weighted by molar-refractivity contribution is -0.0225. The average molecular weight is 246 g/mol. The van der Waals surface area contributed by atoms with Crippen LogP contribution in [0.15, 0.2) is 24.3 Å². The number of hydrogen-bond donors (Lipinski definition) is 1. The summed E-state index contributed by atoms with van der Waals surface area (Å²) in [6, 6.07) is 7.28. The van der Waals surface area contributed by atoms with Crippen LogP contribution in [0.4, 0.5) is 4.39 Å². The van der Waals surface area contributed by atoms with E-state index in [0.29, 0.717) is 18.2 Å². The summed E-state index contributed by atoms with van der Waals surface area (Å²) in [4.78, 5) is 0. The molecule has 0 aliphatic carbocycles. The summed E-state index contributed by atoms with van der Waals surface area (Å²) >= 11 is 0. The SMILES string of the molecule is CC1COC(c2ccccc2F)C(C)N1.Cl. The highest BCUT2D eigenvalue weighted by Crippen LogP contribution is 2.26. The smallest absolute Gasteiger partial charge is 0.129 e. The van der Waals surface area contributed by atoms with E-state index in [-0.39, 0.29) is 30.4 Å². The summed E-state index contributed by atoms with van der Waals surface area (Å²) in [6.07, 6.45) is -0.178. The molecule has 1 saturated heterocycles. The van der Waals surface area contributed by atoms with Crippen LogP contribution in [0.25, 0.3) is 0 Å². The van der Waals surface area contributed by atoms with Gasteiger partial charge in [-0.05, 0) is 19.9 Å². The van der Waals surface area contributed by atoms with Gasteiger partial charge in [0.05, 0.1) is 6.61 Å². The summed E-state index contributed by atoms with van der Waals surface area (Å²) in [5.74, 6) is -0.189. The van der Waals surface area contributed by atoms with Crippen LogP contribution < -0.4 is 5.32 Å². The summed E-state index contributed by atoms with van der Waals surface area (Å²) in [7, 11) is 0. The van der Waals surface area contributed by atoms with Crippen molar-refractivity contribution < 1.29 is 9.13 Å². The Labute approximate surface area is 102 Å². The first-order valence-corrected chi connectivity index (χ1v) is 5.30. The molecule has 1 aliphatic heterocycles. The van der Waals surface area contributed by atoms with Crippen molar-refractivity contribution in [2.24, 2.45) is 0 Å². The molecular formula is C12H17ClFNO. The van der Waals surface area contributed by atoms with Crippen molar-refractivity contribution in [1.29, 1.82) is 0 Å². The molecule has 0 bridgehead atoms. The maximum absolute atomic E-state index is 13.5. The number of halogens is 2. The Morgan fingerprint density at radius 2 is 2.00 bits per heavy atom. The van der Waals surface area contributed by atoms with Crippen molar-refractivity contribution in [3.8, 4) is 0 Å². The second-order valence-corrected chi connectivity index (χ2v) is 4.13. The molecule has 0 spiro atoms. The number of rotatable bonds is 1. The van der Waals surface area contributed by atoms with Gasteiger partial charge in [0.15, 0.2) is 0 Å². The van der Waals surface area contributed by atoms with Crippen LogP contribution in [-0.2, 0) is 4.74 Å². The zero-order valence-electron chi connectivity index (χ0n) is 9.44. The number of hydrogen-bond acceptors (Lipinski definition) is 2. The lowest BCUT2D eigenvalue weighted by Crippen LogP contribution is -2.47. The molecule has 1 N–H and O–H groups in total. The van der Waals surface area contributed by atoms with E-state index in [1.165, 1.54) is 6.07 Å². The van der Waals surface area contributed by atoms with Gasteiger partial charge >= 0.3 is 0 Å². The predicted molar refractivity (Wildman–Crippen MR) is 64.4 cm³/mol. The van der Waals surface area contributed by atoms with Crippen LogP contribution in [0, 0.1) is 5.82 Å². The van der Waals surface area contributed by atoms with Gasteiger partial charge in [-0.25, -0.2) is 4.39 Å². The van der Waals surface area contributed by atoms with Gasteiger partial charge in [-0.15, -0.1) is 12.4 Å². The lowest BCUT2D eigenvalue weighted by atomic mass is 10.0. The number of benzene rings is 1. The standard InChI is InChI=1S/C12H16FNO.ClH/c1-8-7-15-12(9(2)14-8)10-5-3-4-6-11(10)13;/h3-6,8-9,12,14H,7H2,1-2H3;1H. The van der Waals surface area contributed by atoms with Crippen molar-refractivity contribution in [1.82, 2.24) is 5.32 Å². The van der Waals surface area contributed by atoms with Gasteiger partial charge in [-0.3, -0.25) is 0 Å². The average Bonchev–Trinajstić information content (AvgIpc) is 2.20. The minimum atomic E-state index is -0.189. The fourth-order valence-electron chi connectivity index (χ4n) is 2.04. The van der Waals surface area contributed by atoms with E-state index in [2.05, 4.69) is 12.2 Å².